The summed E-state index contributed by atoms with van der Waals surface area (Å²) >= 11 is 0. The second kappa shape index (κ2) is 5.16. The summed E-state index contributed by atoms with van der Waals surface area (Å²) < 4.78 is 0. The molecule has 0 spiro atoms. The molecule has 0 bridgehead atoms. The van der Waals surface area contributed by atoms with Crippen LogP contribution in [0.5, 0.6) is 0 Å². The zero-order chi connectivity index (χ0) is 13.1. The molecule has 2 rings (SSSR count). The predicted octanol–water partition coefficient (Wildman–Crippen LogP) is 1.47. The average Bonchev–Trinajstić information content (AvgIpc) is 3.14. The van der Waals surface area contributed by atoms with Gasteiger partial charge in [0.15, 0.2) is 0 Å². The third-order valence-electron chi connectivity index (χ3n) is 2.97. The maximum absolute atomic E-state index is 12.2. The van der Waals surface area contributed by atoms with Gasteiger partial charge in [0, 0.05) is 24.5 Å². The number of carbonyl (C=O) groups excluding carboxylic acids is 1. The maximum atomic E-state index is 12.2. The van der Waals surface area contributed by atoms with Crippen molar-refractivity contribution < 1.29 is 14.7 Å². The van der Waals surface area contributed by atoms with Crippen LogP contribution in [0.25, 0.3) is 0 Å². The van der Waals surface area contributed by atoms with Crippen LogP contribution in [0.3, 0.4) is 0 Å². The minimum atomic E-state index is -0.879. The Morgan fingerprint density at radius 3 is 2.67 bits per heavy atom. The van der Waals surface area contributed by atoms with Crippen molar-refractivity contribution in [2.75, 3.05) is 6.54 Å². The summed E-state index contributed by atoms with van der Waals surface area (Å²) in [7, 11) is 0. The van der Waals surface area contributed by atoms with E-state index in [1.54, 1.807) is 23.2 Å². The van der Waals surface area contributed by atoms with Crippen LogP contribution in [0, 0.1) is 6.92 Å². The third-order valence-corrected chi connectivity index (χ3v) is 2.97. The number of hydrogen-bond donors (Lipinski definition) is 1. The molecule has 1 aromatic rings. The van der Waals surface area contributed by atoms with Gasteiger partial charge >= 0.3 is 5.97 Å². The molecule has 1 aliphatic rings. The van der Waals surface area contributed by atoms with Gasteiger partial charge in [-0.05, 0) is 31.9 Å². The predicted molar refractivity (Wildman–Crippen MR) is 65.3 cm³/mol. The number of aliphatic carboxylic acids is 1. The van der Waals surface area contributed by atoms with Crippen LogP contribution in [-0.2, 0) is 4.79 Å². The van der Waals surface area contributed by atoms with Crippen molar-refractivity contribution in [2.45, 2.75) is 32.2 Å². The van der Waals surface area contributed by atoms with E-state index in [2.05, 4.69) is 4.98 Å². The zero-order valence-corrected chi connectivity index (χ0v) is 10.3. The van der Waals surface area contributed by atoms with E-state index in [9.17, 15) is 9.59 Å². The molecule has 0 radical (unpaired) electrons. The zero-order valence-electron chi connectivity index (χ0n) is 10.3. The molecule has 1 heterocycles. The molecule has 96 valence electrons. The average molecular weight is 248 g/mol. The molecule has 1 amide bonds. The first-order chi connectivity index (χ1) is 8.58. The number of amides is 1. The van der Waals surface area contributed by atoms with Gasteiger partial charge in [0.1, 0.15) is 0 Å². The molecule has 0 unspecified atom stereocenters. The quantitative estimate of drug-likeness (QED) is 0.856. The highest BCUT2D eigenvalue weighted by Crippen LogP contribution is 2.28. The molecule has 1 aliphatic carbocycles. The Balaban J connectivity index is 2.07. The summed E-state index contributed by atoms with van der Waals surface area (Å²) in [4.78, 5) is 28.6. The standard InChI is InChI=1S/C13H16N2O3/c1-9-2-3-10(8-14-9)13(18)15(11-4-5-11)7-6-12(16)17/h2-3,8,11H,4-7H2,1H3,(H,16,17). The number of nitrogens with zero attached hydrogens (tertiary/aromatic N) is 2. The van der Waals surface area contributed by atoms with Gasteiger partial charge < -0.3 is 10.0 Å². The van der Waals surface area contributed by atoms with Crippen molar-refractivity contribution in [3.63, 3.8) is 0 Å². The lowest BCUT2D eigenvalue weighted by atomic mass is 10.2. The molecule has 0 saturated heterocycles. The van der Waals surface area contributed by atoms with Crippen LogP contribution < -0.4 is 0 Å². The molecule has 0 aromatic carbocycles. The summed E-state index contributed by atoms with van der Waals surface area (Å²) in [6, 6.07) is 3.73. The third kappa shape index (κ3) is 3.06. The normalized spacial score (nSPS) is 14.3. The van der Waals surface area contributed by atoms with E-state index in [0.29, 0.717) is 5.56 Å². The molecule has 18 heavy (non-hydrogen) atoms. The maximum Gasteiger partial charge on any atom is 0.305 e. The first kappa shape index (κ1) is 12.5. The summed E-state index contributed by atoms with van der Waals surface area (Å²) in [6.07, 6.45) is 3.46. The van der Waals surface area contributed by atoms with Crippen molar-refractivity contribution in [3.8, 4) is 0 Å². The van der Waals surface area contributed by atoms with E-state index in [1.165, 1.54) is 0 Å². The number of hydrogen-bond acceptors (Lipinski definition) is 3. The number of carbonyl (C=O) groups is 2. The van der Waals surface area contributed by atoms with Gasteiger partial charge in [-0.15, -0.1) is 0 Å². The van der Waals surface area contributed by atoms with E-state index in [-0.39, 0.29) is 24.9 Å². The highest BCUT2D eigenvalue weighted by atomic mass is 16.4. The summed E-state index contributed by atoms with van der Waals surface area (Å²) in [6.45, 7) is 2.13. The van der Waals surface area contributed by atoms with Crippen LogP contribution in [0.2, 0.25) is 0 Å². The Morgan fingerprint density at radius 2 is 2.17 bits per heavy atom. The molecular formula is C13H16N2O3. The van der Waals surface area contributed by atoms with Crippen molar-refractivity contribution in [3.05, 3.63) is 29.6 Å². The number of aromatic nitrogens is 1. The fourth-order valence-corrected chi connectivity index (χ4v) is 1.81. The molecular weight excluding hydrogens is 232 g/mol. The topological polar surface area (TPSA) is 70.5 Å². The number of carboxylic acids is 1. The highest BCUT2D eigenvalue weighted by molar-refractivity contribution is 5.94. The molecule has 1 aromatic heterocycles. The molecule has 1 N–H and O–H groups in total. The Bertz CT molecular complexity index is 452. The first-order valence-corrected chi connectivity index (χ1v) is 6.03. The Hall–Kier alpha value is -1.91. The fourth-order valence-electron chi connectivity index (χ4n) is 1.81. The first-order valence-electron chi connectivity index (χ1n) is 6.03. The highest BCUT2D eigenvalue weighted by Gasteiger charge is 2.33. The minimum Gasteiger partial charge on any atom is -0.481 e. The van der Waals surface area contributed by atoms with Gasteiger partial charge in [0.25, 0.3) is 5.91 Å². The van der Waals surface area contributed by atoms with E-state index < -0.39 is 5.97 Å². The second-order valence-electron chi connectivity index (χ2n) is 4.56. The van der Waals surface area contributed by atoms with Crippen molar-refractivity contribution in [2.24, 2.45) is 0 Å². The summed E-state index contributed by atoms with van der Waals surface area (Å²) in [5.74, 6) is -0.998. The van der Waals surface area contributed by atoms with Crippen molar-refractivity contribution in [1.82, 2.24) is 9.88 Å². The Labute approximate surface area is 105 Å². The number of pyridine rings is 1. The van der Waals surface area contributed by atoms with E-state index >= 15 is 0 Å². The monoisotopic (exact) mass is 248 g/mol. The molecule has 1 fully saturated rings. The molecule has 5 nitrogen and oxygen atoms in total. The van der Waals surface area contributed by atoms with E-state index in [1.807, 2.05) is 6.92 Å². The SMILES string of the molecule is Cc1ccc(C(=O)N(CCC(=O)O)C2CC2)cn1. The largest absolute Gasteiger partial charge is 0.481 e. The lowest BCUT2D eigenvalue weighted by molar-refractivity contribution is -0.137. The second-order valence-corrected chi connectivity index (χ2v) is 4.56. The van der Waals surface area contributed by atoms with Gasteiger partial charge in [-0.2, -0.15) is 0 Å². The van der Waals surface area contributed by atoms with E-state index in [0.717, 1.165) is 18.5 Å². The number of rotatable bonds is 5. The van der Waals surface area contributed by atoms with Gasteiger partial charge in [0.05, 0.1) is 12.0 Å². The summed E-state index contributed by atoms with van der Waals surface area (Å²) in [5.41, 5.74) is 1.38. The Kier molecular flexibility index (Phi) is 3.60. The van der Waals surface area contributed by atoms with Crippen LogP contribution in [0.15, 0.2) is 18.3 Å². The van der Waals surface area contributed by atoms with Crippen LogP contribution in [0.4, 0.5) is 0 Å². The van der Waals surface area contributed by atoms with Gasteiger partial charge in [-0.1, -0.05) is 0 Å². The molecule has 5 heteroatoms. The number of carboxylic acid groups (broad SMARTS) is 1. The van der Waals surface area contributed by atoms with Gasteiger partial charge in [0.2, 0.25) is 0 Å². The lowest BCUT2D eigenvalue weighted by Gasteiger charge is -2.21. The smallest absolute Gasteiger partial charge is 0.305 e. The fraction of sp³-hybridized carbons (Fsp3) is 0.462. The van der Waals surface area contributed by atoms with Crippen LogP contribution >= 0.6 is 0 Å². The molecule has 0 atom stereocenters. The van der Waals surface area contributed by atoms with Gasteiger partial charge in [-0.25, -0.2) is 0 Å². The minimum absolute atomic E-state index is 0.0124. The molecule has 0 aliphatic heterocycles. The van der Waals surface area contributed by atoms with Crippen LogP contribution in [0.1, 0.15) is 35.3 Å². The van der Waals surface area contributed by atoms with Crippen molar-refractivity contribution >= 4 is 11.9 Å². The molecule has 1 saturated carbocycles. The Morgan fingerprint density at radius 1 is 1.44 bits per heavy atom. The van der Waals surface area contributed by atoms with Gasteiger partial charge in [-0.3, -0.25) is 14.6 Å². The van der Waals surface area contributed by atoms with Crippen molar-refractivity contribution in [1.29, 1.82) is 0 Å². The lowest BCUT2D eigenvalue weighted by Crippen LogP contribution is -2.35. The van der Waals surface area contributed by atoms with E-state index in [4.69, 9.17) is 5.11 Å². The number of aryl methyl sites for hydroxylation is 1. The van der Waals surface area contributed by atoms with Crippen LogP contribution in [-0.4, -0.2) is 39.5 Å². The summed E-state index contributed by atoms with van der Waals surface area (Å²) in [5, 5.41) is 8.70.